The fourth-order valence-corrected chi connectivity index (χ4v) is 1.36. The van der Waals surface area contributed by atoms with E-state index in [0.717, 1.165) is 0 Å². The Bertz CT molecular complexity index is 481. The zero-order chi connectivity index (χ0) is 14.5. The highest BCUT2D eigenvalue weighted by Gasteiger charge is 2.16. The second-order valence-electron chi connectivity index (χ2n) is 4.95. The zero-order valence-electron chi connectivity index (χ0n) is 11.1. The highest BCUT2D eigenvalue weighted by atomic mass is 19.1. The highest BCUT2D eigenvalue weighted by molar-refractivity contribution is 5.79. The summed E-state index contributed by atoms with van der Waals surface area (Å²) in [6, 6.07) is 4.18. The number of benzene rings is 1. The van der Waals surface area contributed by atoms with Crippen LogP contribution >= 0.6 is 0 Å². The molecule has 0 atom stereocenters. The normalized spacial score (nSPS) is 11.6. The Hall–Kier alpha value is -2.11. The molecule has 19 heavy (non-hydrogen) atoms. The summed E-state index contributed by atoms with van der Waals surface area (Å²) in [5.74, 6) is -0.453. The summed E-state index contributed by atoms with van der Waals surface area (Å²) >= 11 is 0. The van der Waals surface area contributed by atoms with Crippen LogP contribution < -0.4 is 5.32 Å². The lowest BCUT2D eigenvalue weighted by atomic mass is 10.1. The molecule has 1 aromatic rings. The quantitative estimate of drug-likeness (QED) is 0.503. The standard InChI is InChI=1S/C13H17FN2O3/c1-13(2,3)19-12(17)15-8-10-6-9(7-16-18)4-5-11(10)14/h4-7,18H,8H2,1-3H3,(H,15,17). The topological polar surface area (TPSA) is 70.9 Å². The summed E-state index contributed by atoms with van der Waals surface area (Å²) in [6.45, 7) is 5.22. The summed E-state index contributed by atoms with van der Waals surface area (Å²) in [6.07, 6.45) is 0.560. The summed E-state index contributed by atoms with van der Waals surface area (Å²) < 4.78 is 18.5. The molecule has 0 aromatic heterocycles. The Balaban J connectivity index is 2.67. The molecule has 6 heteroatoms. The van der Waals surface area contributed by atoms with Gasteiger partial charge in [0.2, 0.25) is 0 Å². The fourth-order valence-electron chi connectivity index (χ4n) is 1.36. The second-order valence-corrected chi connectivity index (χ2v) is 4.95. The molecule has 0 saturated carbocycles. The summed E-state index contributed by atoms with van der Waals surface area (Å²) in [4.78, 5) is 11.4. The van der Waals surface area contributed by atoms with E-state index in [1.807, 2.05) is 0 Å². The molecular weight excluding hydrogens is 251 g/mol. The Morgan fingerprint density at radius 2 is 2.21 bits per heavy atom. The number of nitrogens with zero attached hydrogens (tertiary/aromatic N) is 1. The highest BCUT2D eigenvalue weighted by Crippen LogP contribution is 2.10. The van der Waals surface area contributed by atoms with Crippen LogP contribution in [0, 0.1) is 5.82 Å². The first kappa shape index (κ1) is 14.9. The first-order valence-corrected chi connectivity index (χ1v) is 5.74. The van der Waals surface area contributed by atoms with Crippen molar-refractivity contribution in [3.63, 3.8) is 0 Å². The molecule has 0 heterocycles. The van der Waals surface area contributed by atoms with Crippen molar-refractivity contribution in [2.75, 3.05) is 0 Å². The molecule has 5 nitrogen and oxygen atoms in total. The number of nitrogens with one attached hydrogen (secondary N) is 1. The van der Waals surface area contributed by atoms with Gasteiger partial charge in [0, 0.05) is 12.1 Å². The minimum Gasteiger partial charge on any atom is -0.444 e. The average molecular weight is 268 g/mol. The SMILES string of the molecule is CC(C)(C)OC(=O)NCc1cc(C=NO)ccc1F. The van der Waals surface area contributed by atoms with E-state index >= 15 is 0 Å². The van der Waals surface area contributed by atoms with E-state index in [2.05, 4.69) is 10.5 Å². The molecule has 0 aliphatic rings. The van der Waals surface area contributed by atoms with Crippen LogP contribution in [0.25, 0.3) is 0 Å². The van der Waals surface area contributed by atoms with Crippen molar-refractivity contribution < 1.29 is 19.1 Å². The minimum atomic E-state index is -0.617. The number of hydrogen-bond donors (Lipinski definition) is 2. The molecule has 1 amide bonds. The average Bonchev–Trinajstić information content (AvgIpc) is 2.28. The molecule has 0 radical (unpaired) electrons. The van der Waals surface area contributed by atoms with E-state index in [-0.39, 0.29) is 12.1 Å². The summed E-state index contributed by atoms with van der Waals surface area (Å²) in [7, 11) is 0. The van der Waals surface area contributed by atoms with Gasteiger partial charge in [0.25, 0.3) is 0 Å². The molecule has 1 rings (SSSR count). The van der Waals surface area contributed by atoms with Gasteiger partial charge in [-0.05, 0) is 38.5 Å². The van der Waals surface area contributed by atoms with E-state index in [9.17, 15) is 9.18 Å². The molecule has 0 aliphatic carbocycles. The molecule has 0 spiro atoms. The zero-order valence-corrected chi connectivity index (χ0v) is 11.1. The first-order chi connectivity index (χ1) is 8.81. The van der Waals surface area contributed by atoms with Crippen LogP contribution in [0.15, 0.2) is 23.4 Å². The molecular formula is C13H17FN2O3. The third-order valence-electron chi connectivity index (χ3n) is 2.10. The van der Waals surface area contributed by atoms with Gasteiger partial charge in [-0.3, -0.25) is 0 Å². The molecule has 104 valence electrons. The smallest absolute Gasteiger partial charge is 0.407 e. The first-order valence-electron chi connectivity index (χ1n) is 5.74. The van der Waals surface area contributed by atoms with E-state index < -0.39 is 17.5 Å². The number of oxime groups is 1. The van der Waals surface area contributed by atoms with Crippen molar-refractivity contribution >= 4 is 12.3 Å². The Morgan fingerprint density at radius 3 is 2.79 bits per heavy atom. The Labute approximate surface area is 111 Å². The summed E-state index contributed by atoms with van der Waals surface area (Å²) in [5.41, 5.74) is 0.210. The predicted molar refractivity (Wildman–Crippen MR) is 68.9 cm³/mol. The van der Waals surface area contributed by atoms with Crippen LogP contribution in [0.1, 0.15) is 31.9 Å². The van der Waals surface area contributed by atoms with Crippen LogP contribution in [0.5, 0.6) is 0 Å². The molecule has 1 aromatic carbocycles. The second kappa shape index (κ2) is 6.17. The molecule has 0 aliphatic heterocycles. The van der Waals surface area contributed by atoms with Gasteiger partial charge in [-0.25, -0.2) is 9.18 Å². The monoisotopic (exact) mass is 268 g/mol. The number of carbonyl (C=O) groups excluding carboxylic acids is 1. The van der Waals surface area contributed by atoms with Gasteiger partial charge in [-0.1, -0.05) is 11.2 Å². The van der Waals surface area contributed by atoms with Crippen LogP contribution in [0.4, 0.5) is 9.18 Å². The van der Waals surface area contributed by atoms with Gasteiger partial charge >= 0.3 is 6.09 Å². The van der Waals surface area contributed by atoms with Crippen LogP contribution in [0.2, 0.25) is 0 Å². The number of rotatable bonds is 3. The van der Waals surface area contributed by atoms with Crippen molar-refractivity contribution in [1.82, 2.24) is 5.32 Å². The van der Waals surface area contributed by atoms with Crippen LogP contribution in [0.3, 0.4) is 0 Å². The number of amides is 1. The fraction of sp³-hybridized carbons (Fsp3) is 0.385. The maximum atomic E-state index is 13.5. The van der Waals surface area contributed by atoms with Gasteiger partial charge < -0.3 is 15.3 Å². The largest absolute Gasteiger partial charge is 0.444 e. The van der Waals surface area contributed by atoms with E-state index in [1.54, 1.807) is 20.8 Å². The lowest BCUT2D eigenvalue weighted by Crippen LogP contribution is -2.32. The molecule has 0 fully saturated rings. The Kier molecular flexibility index (Phi) is 4.86. The van der Waals surface area contributed by atoms with Crippen molar-refractivity contribution in [2.24, 2.45) is 5.16 Å². The lowest BCUT2D eigenvalue weighted by molar-refractivity contribution is 0.0523. The van der Waals surface area contributed by atoms with Gasteiger partial charge in [0.05, 0.1) is 6.21 Å². The van der Waals surface area contributed by atoms with E-state index in [0.29, 0.717) is 5.56 Å². The summed E-state index contributed by atoms with van der Waals surface area (Å²) in [5, 5.41) is 13.7. The maximum Gasteiger partial charge on any atom is 0.407 e. The van der Waals surface area contributed by atoms with Gasteiger partial charge in [0.15, 0.2) is 0 Å². The predicted octanol–water partition coefficient (Wildman–Crippen LogP) is 2.66. The van der Waals surface area contributed by atoms with Crippen LogP contribution in [-0.4, -0.2) is 23.1 Å². The number of carbonyl (C=O) groups is 1. The van der Waals surface area contributed by atoms with Crippen molar-refractivity contribution in [1.29, 1.82) is 0 Å². The van der Waals surface area contributed by atoms with Crippen molar-refractivity contribution in [3.8, 4) is 0 Å². The number of halogens is 1. The van der Waals surface area contributed by atoms with Gasteiger partial charge in [0.1, 0.15) is 11.4 Å². The van der Waals surface area contributed by atoms with Crippen molar-refractivity contribution in [2.45, 2.75) is 32.9 Å². The third-order valence-corrected chi connectivity index (χ3v) is 2.10. The third kappa shape index (κ3) is 5.37. The van der Waals surface area contributed by atoms with E-state index in [1.165, 1.54) is 24.4 Å². The minimum absolute atomic E-state index is 0.00610. The number of alkyl carbamates (subject to hydrolysis) is 1. The van der Waals surface area contributed by atoms with Crippen LogP contribution in [-0.2, 0) is 11.3 Å². The molecule has 0 saturated heterocycles. The number of ether oxygens (including phenoxy) is 1. The number of hydrogen-bond acceptors (Lipinski definition) is 4. The van der Waals surface area contributed by atoms with Gasteiger partial charge in [-0.2, -0.15) is 0 Å². The Morgan fingerprint density at radius 1 is 1.53 bits per heavy atom. The lowest BCUT2D eigenvalue weighted by Gasteiger charge is -2.19. The van der Waals surface area contributed by atoms with Gasteiger partial charge in [-0.15, -0.1) is 0 Å². The van der Waals surface area contributed by atoms with E-state index in [4.69, 9.17) is 9.94 Å². The molecule has 0 bridgehead atoms. The molecule has 0 unspecified atom stereocenters. The van der Waals surface area contributed by atoms with Crippen molar-refractivity contribution in [3.05, 3.63) is 35.1 Å². The maximum absolute atomic E-state index is 13.5. The molecule has 2 N–H and O–H groups in total.